The Balaban J connectivity index is 0.0000000949. The molecule has 29 aromatic rings. The Morgan fingerprint density at radius 2 is 0.496 bits per heavy atom. The Labute approximate surface area is 760 Å². The van der Waals surface area contributed by atoms with Crippen molar-refractivity contribution >= 4 is 220 Å². The third-order valence-corrected chi connectivity index (χ3v) is 33.8. The Kier molecular flexibility index (Phi) is 13.8. The summed E-state index contributed by atoms with van der Waals surface area (Å²) in [4.78, 5) is 0. The number of fused-ring (bicyclic) bond motifs is 52. The summed E-state index contributed by atoms with van der Waals surface area (Å²) < 4.78 is 13.3. The predicted molar refractivity (Wildman–Crippen MR) is 560 cm³/mol. The largest absolute Gasteiger partial charge is 0.308 e. The fraction of sp³-hybridized carbons (Fsp3) is 0.0635. The van der Waals surface area contributed by atoms with Crippen molar-refractivity contribution in [2.45, 2.75) is 50.4 Å². The zero-order chi connectivity index (χ0) is 85.6. The molecule has 0 unspecified atom stereocenters. The quantitative estimate of drug-likeness (QED) is 0.164. The SMILES string of the molecule is CC(C)c1ccc2cc3c(cc2c1)c1cc2c(c4c5cc6cc(C(C)C)ccc6cc5n3c14)C1(c3ccccc3-c3ccccc31)c1ccccc1-2.c1ccc2c(c1)-c1ccccc1C21c2ccccc2-c2cc3c4cc5ccccc5cc4n4c5cc6ccccc6cc5c(c21)c34.c1ccc2c(c1)sc1c2ccc2c3cccc4c5ccc6c7ccccc7sc6c5n(c34)c21. The molecular weight excluding hydrogens is 1620 g/mol. The van der Waals surface area contributed by atoms with Crippen LogP contribution in [-0.2, 0) is 10.8 Å². The number of rotatable bonds is 2. The van der Waals surface area contributed by atoms with Crippen molar-refractivity contribution in [3.63, 3.8) is 0 Å². The van der Waals surface area contributed by atoms with Gasteiger partial charge in [0, 0.05) is 95.6 Å². The summed E-state index contributed by atoms with van der Waals surface area (Å²) in [6, 6.07) is 145. The molecule has 0 radical (unpaired) electrons. The van der Waals surface area contributed by atoms with E-state index >= 15 is 0 Å². The molecule has 33 rings (SSSR count). The summed E-state index contributed by atoms with van der Waals surface area (Å²) in [6.07, 6.45) is 0. The van der Waals surface area contributed by atoms with E-state index in [-0.39, 0.29) is 0 Å². The molecule has 0 bridgehead atoms. The molecule has 4 aliphatic rings. The average molecular weight is 1700 g/mol. The molecule has 0 saturated heterocycles. The standard InChI is InChI=1S/C51H37N.C45H25N.C30H15NS2/c1-28(2)30-17-19-32-25-46-39(23-34(32)21-30)41-27-40-38-13-7-10-16-45(38)51(43-14-8-5-11-36(43)37-12-6-9-15-44(37)51)49(40)48-42-24-35-22-31(29(3)4)18-20-33(35)26-47(42)52(46)50(41)48;1-3-13-28-23-40-33(21-26(28)11-1)35-25-34-32-17-7-10-20-39(32)45(37-18-8-5-15-30(37)31-16-6-9-19-38(31)45)43(34)42-36-22-27-12-2-4-14-29(27)24-41(36)46(40)44(35)42;1-3-10-24-16(6-1)22-14-12-20-18-8-5-9-19-21-13-15-23-17-7-2-4-11-25(17)33-30(23)28(21)31(26(18)19)27(20)29(22)32-24/h5-29H,1-4H3;1-25H;1-15H. The minimum atomic E-state index is -0.419. The van der Waals surface area contributed by atoms with E-state index in [2.05, 4.69) is 423 Å². The van der Waals surface area contributed by atoms with Crippen LogP contribution in [0.1, 0.15) is 95.2 Å². The van der Waals surface area contributed by atoms with Gasteiger partial charge in [-0.25, -0.2) is 0 Å². The van der Waals surface area contributed by atoms with Crippen molar-refractivity contribution in [3.8, 4) is 44.5 Å². The molecule has 0 aliphatic heterocycles. The maximum absolute atomic E-state index is 2.62. The lowest BCUT2D eigenvalue weighted by atomic mass is 9.69. The zero-order valence-electron chi connectivity index (χ0n) is 72.2. The molecule has 0 fully saturated rings. The average Bonchev–Trinajstić information content (AvgIpc) is 1.48. The van der Waals surface area contributed by atoms with Crippen molar-refractivity contribution in [2.75, 3.05) is 0 Å². The van der Waals surface area contributed by atoms with Crippen LogP contribution in [0.4, 0.5) is 0 Å². The van der Waals surface area contributed by atoms with Crippen LogP contribution in [0, 0.1) is 0 Å². The molecule has 608 valence electrons. The van der Waals surface area contributed by atoms with Gasteiger partial charge < -0.3 is 13.2 Å². The summed E-state index contributed by atoms with van der Waals surface area (Å²) in [5.74, 6) is 0.952. The van der Waals surface area contributed by atoms with Gasteiger partial charge in [-0.05, 0) is 228 Å². The van der Waals surface area contributed by atoms with Crippen LogP contribution < -0.4 is 0 Å². The highest BCUT2D eigenvalue weighted by Crippen LogP contribution is 2.69. The Bertz CT molecular complexity index is 9990. The van der Waals surface area contributed by atoms with Gasteiger partial charge in [0.05, 0.1) is 69.9 Å². The molecule has 8 aromatic heterocycles. The maximum Gasteiger partial charge on any atom is 0.0732 e. The highest BCUT2D eigenvalue weighted by Gasteiger charge is 2.55. The molecule has 8 heterocycles. The summed E-state index contributed by atoms with van der Waals surface area (Å²) in [5.41, 5.74) is 35.9. The summed E-state index contributed by atoms with van der Waals surface area (Å²) in [5, 5.41) is 32.0. The first kappa shape index (κ1) is 71.5. The lowest BCUT2D eigenvalue weighted by Gasteiger charge is -2.31. The van der Waals surface area contributed by atoms with E-state index < -0.39 is 10.8 Å². The summed E-state index contributed by atoms with van der Waals surface area (Å²) in [7, 11) is 0. The smallest absolute Gasteiger partial charge is 0.0732 e. The third kappa shape index (κ3) is 8.86. The van der Waals surface area contributed by atoms with Gasteiger partial charge in [0.2, 0.25) is 0 Å². The monoisotopic (exact) mass is 1700 g/mol. The third-order valence-electron chi connectivity index (χ3n) is 31.4. The molecule has 0 saturated carbocycles. The number of hydrogen-bond donors (Lipinski definition) is 0. The van der Waals surface area contributed by atoms with Gasteiger partial charge in [-0.1, -0.05) is 337 Å². The summed E-state index contributed by atoms with van der Waals surface area (Å²) >= 11 is 3.85. The number of para-hydroxylation sites is 1. The van der Waals surface area contributed by atoms with E-state index in [4.69, 9.17) is 0 Å². The Morgan fingerprint density at radius 1 is 0.198 bits per heavy atom. The molecule has 3 nitrogen and oxygen atoms in total. The van der Waals surface area contributed by atoms with Crippen molar-refractivity contribution in [1.29, 1.82) is 0 Å². The predicted octanol–water partition coefficient (Wildman–Crippen LogP) is 34.8. The second-order valence-corrected chi connectivity index (χ2v) is 40.3. The van der Waals surface area contributed by atoms with E-state index in [0.717, 1.165) is 0 Å². The first-order valence-corrected chi connectivity index (χ1v) is 47.9. The number of thiophene rings is 2. The van der Waals surface area contributed by atoms with Gasteiger partial charge in [0.25, 0.3) is 0 Å². The number of nitrogens with zero attached hydrogens (tertiary/aromatic N) is 3. The Morgan fingerprint density at radius 3 is 0.893 bits per heavy atom. The van der Waals surface area contributed by atoms with E-state index in [1.54, 1.807) is 0 Å². The molecule has 5 heteroatoms. The van der Waals surface area contributed by atoms with Crippen LogP contribution in [0.2, 0.25) is 0 Å². The Hall–Kier alpha value is -15.5. The van der Waals surface area contributed by atoms with Gasteiger partial charge in [0.15, 0.2) is 0 Å². The van der Waals surface area contributed by atoms with Gasteiger partial charge in [-0.15, -0.1) is 22.7 Å². The lowest BCUT2D eigenvalue weighted by Crippen LogP contribution is -2.26. The second kappa shape index (κ2) is 25.3. The van der Waals surface area contributed by atoms with E-state index in [1.165, 1.54) is 298 Å². The molecule has 21 aromatic carbocycles. The topological polar surface area (TPSA) is 13.2 Å². The molecule has 131 heavy (non-hydrogen) atoms. The number of hydrogen-bond acceptors (Lipinski definition) is 2. The van der Waals surface area contributed by atoms with Gasteiger partial charge >= 0.3 is 0 Å². The lowest BCUT2D eigenvalue weighted by molar-refractivity contribution is 0.802. The fourth-order valence-corrected chi connectivity index (χ4v) is 28.5. The number of benzene rings is 21. The highest BCUT2D eigenvalue weighted by molar-refractivity contribution is 7.27. The molecule has 4 aliphatic carbocycles. The highest BCUT2D eigenvalue weighted by atomic mass is 32.1. The van der Waals surface area contributed by atoms with Crippen LogP contribution >= 0.6 is 22.7 Å². The van der Waals surface area contributed by atoms with Crippen LogP contribution in [0.15, 0.2) is 382 Å². The molecule has 0 atom stereocenters. The molecule has 0 N–H and O–H groups in total. The second-order valence-electron chi connectivity index (χ2n) is 38.2. The normalized spacial score (nSPS) is 13.9. The van der Waals surface area contributed by atoms with Gasteiger partial charge in [0.1, 0.15) is 0 Å². The first-order valence-electron chi connectivity index (χ1n) is 46.3. The van der Waals surface area contributed by atoms with E-state index in [0.29, 0.717) is 11.8 Å². The first-order chi connectivity index (χ1) is 64.6. The van der Waals surface area contributed by atoms with Crippen LogP contribution in [0.25, 0.3) is 242 Å². The van der Waals surface area contributed by atoms with Crippen LogP contribution in [-0.4, -0.2) is 13.2 Å². The van der Waals surface area contributed by atoms with Gasteiger partial charge in [-0.2, -0.15) is 0 Å². The van der Waals surface area contributed by atoms with E-state index in [1.807, 2.05) is 22.7 Å². The van der Waals surface area contributed by atoms with Crippen molar-refractivity contribution in [2.24, 2.45) is 0 Å². The van der Waals surface area contributed by atoms with Gasteiger partial charge in [-0.3, -0.25) is 0 Å². The minimum absolute atomic E-state index is 0.401. The van der Waals surface area contributed by atoms with Crippen molar-refractivity contribution < 1.29 is 0 Å². The fourth-order valence-electron chi connectivity index (χ4n) is 26.0. The number of aromatic nitrogens is 3. The molecule has 2 spiro atoms. The van der Waals surface area contributed by atoms with Crippen molar-refractivity contribution in [3.05, 3.63) is 438 Å². The van der Waals surface area contributed by atoms with Crippen LogP contribution in [0.5, 0.6) is 0 Å². The van der Waals surface area contributed by atoms with Crippen LogP contribution in [0.3, 0.4) is 0 Å². The van der Waals surface area contributed by atoms with E-state index in [9.17, 15) is 0 Å². The zero-order valence-corrected chi connectivity index (χ0v) is 73.8. The van der Waals surface area contributed by atoms with Crippen molar-refractivity contribution in [1.82, 2.24) is 13.2 Å². The molecule has 0 amide bonds. The maximum atomic E-state index is 2.62. The summed E-state index contributed by atoms with van der Waals surface area (Å²) in [6.45, 7) is 9.17. The minimum Gasteiger partial charge on any atom is -0.308 e. The molecular formula is C126H77N3S2.